The molecule has 3 rings (SSSR count). The molecular weight excluding hydrogens is 331 g/mol. The van der Waals surface area contributed by atoms with Crippen molar-refractivity contribution in [3.8, 4) is 0 Å². The molecule has 3 aromatic rings. The van der Waals surface area contributed by atoms with Crippen LogP contribution in [0.15, 0.2) is 67.3 Å². The van der Waals surface area contributed by atoms with E-state index in [1.807, 2.05) is 35.0 Å². The monoisotopic (exact) mass is 352 g/mol. The van der Waals surface area contributed by atoms with E-state index in [-0.39, 0.29) is 11.8 Å². The molecule has 26 heavy (non-hydrogen) atoms. The first kappa shape index (κ1) is 17.7. The minimum atomic E-state index is -0.262. The van der Waals surface area contributed by atoms with Crippen LogP contribution in [0.4, 0.5) is 9.18 Å². The van der Waals surface area contributed by atoms with Crippen molar-refractivity contribution >= 4 is 6.03 Å². The van der Waals surface area contributed by atoms with Crippen molar-refractivity contribution < 1.29 is 9.18 Å². The molecular formula is C20H21FN4O. The molecule has 0 spiro atoms. The van der Waals surface area contributed by atoms with E-state index in [1.54, 1.807) is 18.6 Å². The molecule has 0 saturated heterocycles. The van der Waals surface area contributed by atoms with Crippen molar-refractivity contribution in [2.24, 2.45) is 0 Å². The van der Waals surface area contributed by atoms with Crippen LogP contribution in [-0.4, -0.2) is 22.1 Å². The van der Waals surface area contributed by atoms with Gasteiger partial charge in [0.2, 0.25) is 0 Å². The molecule has 0 fully saturated rings. The Hall–Kier alpha value is -3.15. The van der Waals surface area contributed by atoms with Crippen LogP contribution in [0.25, 0.3) is 0 Å². The van der Waals surface area contributed by atoms with E-state index in [9.17, 15) is 9.18 Å². The fraction of sp³-hybridized carbons (Fsp3) is 0.200. The minimum Gasteiger partial charge on any atom is -0.338 e. The third-order valence-corrected chi connectivity index (χ3v) is 3.96. The van der Waals surface area contributed by atoms with E-state index in [0.29, 0.717) is 19.5 Å². The van der Waals surface area contributed by atoms with Gasteiger partial charge in [0.05, 0.1) is 6.33 Å². The molecule has 0 radical (unpaired) electrons. The molecule has 0 aliphatic rings. The molecule has 2 amide bonds. The summed E-state index contributed by atoms with van der Waals surface area (Å²) in [5.41, 5.74) is 3.04. The van der Waals surface area contributed by atoms with Gasteiger partial charge < -0.3 is 15.2 Å². The average Bonchev–Trinajstić information content (AvgIpc) is 3.13. The van der Waals surface area contributed by atoms with Crippen LogP contribution in [0.5, 0.6) is 0 Å². The topological polar surface area (TPSA) is 59.0 Å². The third kappa shape index (κ3) is 5.44. The molecule has 0 bridgehead atoms. The Labute approximate surface area is 151 Å². The lowest BCUT2D eigenvalue weighted by Gasteiger charge is -2.09. The zero-order valence-electron chi connectivity index (χ0n) is 14.4. The average molecular weight is 352 g/mol. The highest BCUT2D eigenvalue weighted by Gasteiger charge is 2.02. The molecule has 0 saturated carbocycles. The largest absolute Gasteiger partial charge is 0.338 e. The van der Waals surface area contributed by atoms with Gasteiger partial charge in [-0.05, 0) is 35.2 Å². The maximum atomic E-state index is 13.1. The summed E-state index contributed by atoms with van der Waals surface area (Å²) in [5.74, 6) is -0.262. The smallest absolute Gasteiger partial charge is 0.315 e. The Morgan fingerprint density at radius 1 is 1.04 bits per heavy atom. The molecule has 0 unspecified atom stereocenters. The van der Waals surface area contributed by atoms with Gasteiger partial charge in [-0.2, -0.15) is 0 Å². The lowest BCUT2D eigenvalue weighted by molar-refractivity contribution is 0.240. The van der Waals surface area contributed by atoms with Gasteiger partial charge >= 0.3 is 6.03 Å². The van der Waals surface area contributed by atoms with Gasteiger partial charge in [-0.25, -0.2) is 14.2 Å². The fourth-order valence-corrected chi connectivity index (χ4v) is 2.69. The summed E-state index contributed by atoms with van der Waals surface area (Å²) in [7, 11) is 0. The lowest BCUT2D eigenvalue weighted by Crippen LogP contribution is -2.36. The summed E-state index contributed by atoms with van der Waals surface area (Å²) in [5, 5.41) is 5.63. The van der Waals surface area contributed by atoms with Crippen molar-refractivity contribution in [1.29, 1.82) is 0 Å². The zero-order chi connectivity index (χ0) is 18.2. The van der Waals surface area contributed by atoms with E-state index in [4.69, 9.17) is 0 Å². The molecule has 2 aromatic carbocycles. The van der Waals surface area contributed by atoms with Crippen LogP contribution < -0.4 is 10.6 Å². The number of benzene rings is 2. The lowest BCUT2D eigenvalue weighted by atomic mass is 10.1. The van der Waals surface area contributed by atoms with Crippen LogP contribution in [0.1, 0.15) is 16.7 Å². The number of rotatable bonds is 7. The molecule has 0 aliphatic carbocycles. The second kappa shape index (κ2) is 8.80. The second-order valence-corrected chi connectivity index (χ2v) is 6.04. The molecule has 0 aliphatic heterocycles. The van der Waals surface area contributed by atoms with Crippen molar-refractivity contribution in [2.45, 2.75) is 19.5 Å². The number of nitrogens with one attached hydrogen (secondary N) is 2. The normalized spacial score (nSPS) is 10.5. The summed E-state index contributed by atoms with van der Waals surface area (Å²) in [6.45, 7) is 1.65. The highest BCUT2D eigenvalue weighted by Crippen LogP contribution is 2.07. The van der Waals surface area contributed by atoms with E-state index < -0.39 is 0 Å². The summed E-state index contributed by atoms with van der Waals surface area (Å²) in [6.07, 6.45) is 6.03. The Kier molecular flexibility index (Phi) is 5.98. The number of aromatic nitrogens is 2. The van der Waals surface area contributed by atoms with Gasteiger partial charge in [-0.15, -0.1) is 0 Å². The standard InChI is InChI=1S/C20H21FN4O/c21-19-6-2-3-16(12-19)7-8-23-20(26)24-13-17-4-1-5-18(11-17)14-25-10-9-22-15-25/h1-6,9-12,15H,7-8,13-14H2,(H2,23,24,26). The highest BCUT2D eigenvalue weighted by atomic mass is 19.1. The van der Waals surface area contributed by atoms with Crippen molar-refractivity contribution in [3.05, 3.63) is 89.8 Å². The fourth-order valence-electron chi connectivity index (χ4n) is 2.69. The molecule has 134 valence electrons. The first-order valence-electron chi connectivity index (χ1n) is 8.49. The number of imidazole rings is 1. The van der Waals surface area contributed by atoms with Crippen LogP contribution in [-0.2, 0) is 19.5 Å². The Bertz CT molecular complexity index is 849. The molecule has 0 atom stereocenters. The number of carbonyl (C=O) groups excluding carboxylic acids is 1. The van der Waals surface area contributed by atoms with Crippen molar-refractivity contribution in [1.82, 2.24) is 20.2 Å². The molecule has 1 aromatic heterocycles. The Morgan fingerprint density at radius 3 is 2.65 bits per heavy atom. The van der Waals surface area contributed by atoms with Gasteiger partial charge in [-0.1, -0.05) is 36.4 Å². The summed E-state index contributed by atoms with van der Waals surface area (Å²) < 4.78 is 15.1. The van der Waals surface area contributed by atoms with E-state index in [1.165, 1.54) is 12.1 Å². The van der Waals surface area contributed by atoms with Gasteiger partial charge in [-0.3, -0.25) is 0 Å². The number of halogens is 1. The summed E-state index contributed by atoms with van der Waals surface area (Å²) in [4.78, 5) is 15.9. The van der Waals surface area contributed by atoms with E-state index in [0.717, 1.165) is 23.2 Å². The maximum Gasteiger partial charge on any atom is 0.315 e. The summed E-state index contributed by atoms with van der Waals surface area (Å²) >= 11 is 0. The van der Waals surface area contributed by atoms with Crippen LogP contribution in [0.2, 0.25) is 0 Å². The van der Waals surface area contributed by atoms with E-state index in [2.05, 4.69) is 21.7 Å². The molecule has 6 heteroatoms. The van der Waals surface area contributed by atoms with Crippen LogP contribution >= 0.6 is 0 Å². The Balaban J connectivity index is 1.42. The van der Waals surface area contributed by atoms with Crippen molar-refractivity contribution in [3.63, 3.8) is 0 Å². The highest BCUT2D eigenvalue weighted by molar-refractivity contribution is 5.73. The van der Waals surface area contributed by atoms with Gasteiger partial charge in [0.15, 0.2) is 0 Å². The Morgan fingerprint density at radius 2 is 1.85 bits per heavy atom. The van der Waals surface area contributed by atoms with Crippen LogP contribution in [0.3, 0.4) is 0 Å². The number of amides is 2. The predicted octanol–water partition coefficient (Wildman–Crippen LogP) is 3.11. The predicted molar refractivity (Wildman–Crippen MR) is 98.1 cm³/mol. The number of hydrogen-bond acceptors (Lipinski definition) is 2. The van der Waals surface area contributed by atoms with Gasteiger partial charge in [0.1, 0.15) is 5.82 Å². The molecule has 1 heterocycles. The van der Waals surface area contributed by atoms with Gasteiger partial charge in [0.25, 0.3) is 0 Å². The van der Waals surface area contributed by atoms with E-state index >= 15 is 0 Å². The SMILES string of the molecule is O=C(NCCc1cccc(F)c1)NCc1cccc(Cn2ccnc2)c1. The second-order valence-electron chi connectivity index (χ2n) is 6.04. The number of urea groups is 1. The zero-order valence-corrected chi connectivity index (χ0v) is 14.4. The van der Waals surface area contributed by atoms with Crippen LogP contribution in [0, 0.1) is 5.82 Å². The quantitative estimate of drug-likeness (QED) is 0.686. The first-order valence-corrected chi connectivity index (χ1v) is 8.49. The third-order valence-electron chi connectivity index (χ3n) is 3.96. The minimum absolute atomic E-state index is 0.235. The van der Waals surface area contributed by atoms with Gasteiger partial charge in [0, 0.05) is 32.0 Å². The first-order chi connectivity index (χ1) is 12.7. The number of carbonyl (C=O) groups is 1. The number of nitrogens with zero attached hydrogens (tertiary/aromatic N) is 2. The maximum absolute atomic E-state index is 13.1. The molecule has 2 N–H and O–H groups in total. The number of hydrogen-bond donors (Lipinski definition) is 2. The summed E-state index contributed by atoms with van der Waals surface area (Å²) in [6, 6.07) is 14.2. The van der Waals surface area contributed by atoms with Crippen molar-refractivity contribution in [2.75, 3.05) is 6.54 Å². The molecule has 5 nitrogen and oxygen atoms in total.